The first-order chi connectivity index (χ1) is 12.1. The van der Waals surface area contributed by atoms with Gasteiger partial charge < -0.3 is 15.0 Å². The lowest BCUT2D eigenvalue weighted by Crippen LogP contribution is -2.95. The zero-order chi connectivity index (χ0) is 17.6. The second-order valence-electron chi connectivity index (χ2n) is 6.98. The number of carbonyl (C=O) groups excluding carboxylic acids is 2. The lowest BCUT2D eigenvalue weighted by Gasteiger charge is -2.37. The summed E-state index contributed by atoms with van der Waals surface area (Å²) < 4.78 is 5.10. The molecule has 2 aromatic rings. The number of esters is 1. The number of nitrogens with two attached hydrogens (primary N) is 1. The van der Waals surface area contributed by atoms with E-state index in [2.05, 4.69) is 10.3 Å². The van der Waals surface area contributed by atoms with Crippen molar-refractivity contribution in [1.29, 1.82) is 0 Å². The fraction of sp³-hybridized carbons (Fsp3) is 0.400. The Morgan fingerprint density at radius 3 is 2.88 bits per heavy atom. The van der Waals surface area contributed by atoms with E-state index in [0.29, 0.717) is 18.5 Å². The maximum Gasteiger partial charge on any atom is 0.315 e. The van der Waals surface area contributed by atoms with Crippen LogP contribution in [0.4, 0.5) is 0 Å². The van der Waals surface area contributed by atoms with Crippen LogP contribution in [0.3, 0.4) is 0 Å². The molecule has 1 aliphatic carbocycles. The number of Topliss-reactive ketones (excluding diaryl/α,β-unsaturated/α-hetero) is 1. The summed E-state index contributed by atoms with van der Waals surface area (Å²) >= 11 is 0. The molecule has 0 unspecified atom stereocenters. The predicted molar refractivity (Wildman–Crippen MR) is 94.3 cm³/mol. The summed E-state index contributed by atoms with van der Waals surface area (Å²) in [5.41, 5.74) is 3.90. The maximum atomic E-state index is 13.0. The van der Waals surface area contributed by atoms with Gasteiger partial charge in [-0.15, -0.1) is 0 Å². The standard InChI is InChI=1S/C20H22N2O3/c1-3-11-10-21-16-8-14-12-6-4-5-7-15(12)22-19(14)17(23)9-13(11)18(16)20(24)25-2/h3-7,13,16,18,21-22H,8-10H2,1-2H3/p+1/b11-3-/t13-,16-,18-/m0/s1. The van der Waals surface area contributed by atoms with Crippen molar-refractivity contribution in [2.24, 2.45) is 11.8 Å². The van der Waals surface area contributed by atoms with Crippen LogP contribution in [0, 0.1) is 11.8 Å². The topological polar surface area (TPSA) is 75.8 Å². The van der Waals surface area contributed by atoms with Gasteiger partial charge in [0.1, 0.15) is 12.0 Å². The lowest BCUT2D eigenvalue weighted by molar-refractivity contribution is -0.696. The Morgan fingerprint density at radius 2 is 2.12 bits per heavy atom. The van der Waals surface area contributed by atoms with Crippen LogP contribution in [0.25, 0.3) is 10.9 Å². The van der Waals surface area contributed by atoms with Crippen molar-refractivity contribution in [2.45, 2.75) is 25.8 Å². The first-order valence-electron chi connectivity index (χ1n) is 8.83. The molecule has 25 heavy (non-hydrogen) atoms. The molecule has 1 aromatic carbocycles. The number of aromatic nitrogens is 1. The van der Waals surface area contributed by atoms with E-state index in [4.69, 9.17) is 4.74 Å². The number of ether oxygens (including phenoxy) is 1. The summed E-state index contributed by atoms with van der Waals surface area (Å²) in [6, 6.07) is 8.09. The average Bonchev–Trinajstić information content (AvgIpc) is 2.99. The van der Waals surface area contributed by atoms with Gasteiger partial charge in [0.05, 0.1) is 19.3 Å². The van der Waals surface area contributed by atoms with Crippen LogP contribution >= 0.6 is 0 Å². The molecular weight excluding hydrogens is 316 g/mol. The van der Waals surface area contributed by atoms with E-state index in [9.17, 15) is 9.59 Å². The Labute approximate surface area is 146 Å². The number of quaternary nitrogens is 1. The molecule has 2 bridgehead atoms. The Hall–Kier alpha value is -2.40. The Morgan fingerprint density at radius 1 is 1.32 bits per heavy atom. The highest BCUT2D eigenvalue weighted by atomic mass is 16.5. The molecule has 1 aromatic heterocycles. The van der Waals surface area contributed by atoms with Gasteiger partial charge in [-0.3, -0.25) is 9.59 Å². The van der Waals surface area contributed by atoms with Crippen molar-refractivity contribution in [3.63, 3.8) is 0 Å². The van der Waals surface area contributed by atoms with Crippen molar-refractivity contribution >= 4 is 22.7 Å². The second kappa shape index (κ2) is 6.15. The highest BCUT2D eigenvalue weighted by Crippen LogP contribution is 2.36. The summed E-state index contributed by atoms with van der Waals surface area (Å²) in [6.45, 7) is 2.82. The van der Waals surface area contributed by atoms with E-state index in [0.717, 1.165) is 23.0 Å². The molecule has 3 N–H and O–H groups in total. The third kappa shape index (κ3) is 2.50. The number of H-pyrrole nitrogens is 1. The fourth-order valence-corrected chi connectivity index (χ4v) is 4.58. The van der Waals surface area contributed by atoms with Crippen molar-refractivity contribution in [1.82, 2.24) is 4.98 Å². The summed E-state index contributed by atoms with van der Waals surface area (Å²) in [5.74, 6) is -0.471. The van der Waals surface area contributed by atoms with Gasteiger partial charge in [-0.2, -0.15) is 0 Å². The van der Waals surface area contributed by atoms with Crippen LogP contribution in [-0.4, -0.2) is 36.4 Å². The number of piperidine rings is 1. The van der Waals surface area contributed by atoms with Crippen LogP contribution in [0.5, 0.6) is 0 Å². The van der Waals surface area contributed by atoms with Gasteiger partial charge in [-0.25, -0.2) is 0 Å². The van der Waals surface area contributed by atoms with Crippen LogP contribution in [0.15, 0.2) is 35.9 Å². The number of para-hydroxylation sites is 1. The normalized spacial score (nSPS) is 27.7. The van der Waals surface area contributed by atoms with Gasteiger partial charge >= 0.3 is 5.97 Å². The third-order valence-electron chi connectivity index (χ3n) is 5.81. The number of hydrogen-bond acceptors (Lipinski definition) is 3. The van der Waals surface area contributed by atoms with Crippen LogP contribution in [0.1, 0.15) is 29.4 Å². The van der Waals surface area contributed by atoms with Crippen LogP contribution in [-0.2, 0) is 16.0 Å². The smallest absolute Gasteiger partial charge is 0.315 e. The molecule has 0 radical (unpaired) electrons. The van der Waals surface area contributed by atoms with Gasteiger partial charge in [0.15, 0.2) is 5.78 Å². The molecule has 1 aliphatic heterocycles. The lowest BCUT2D eigenvalue weighted by atomic mass is 9.71. The number of ketones is 1. The molecule has 130 valence electrons. The molecule has 0 amide bonds. The Balaban J connectivity index is 1.87. The molecule has 3 atom stereocenters. The second-order valence-corrected chi connectivity index (χ2v) is 6.98. The van der Waals surface area contributed by atoms with Gasteiger partial charge in [0.2, 0.25) is 0 Å². The molecule has 5 heteroatoms. The molecule has 4 rings (SSSR count). The van der Waals surface area contributed by atoms with E-state index < -0.39 is 0 Å². The van der Waals surface area contributed by atoms with Crippen molar-refractivity contribution in [2.75, 3.05) is 13.7 Å². The minimum Gasteiger partial charge on any atom is -0.469 e. The van der Waals surface area contributed by atoms with Crippen molar-refractivity contribution in [3.05, 3.63) is 47.2 Å². The van der Waals surface area contributed by atoms with Gasteiger partial charge in [0.25, 0.3) is 0 Å². The number of hydrogen-bond donors (Lipinski definition) is 2. The first kappa shape index (κ1) is 16.1. The first-order valence-corrected chi connectivity index (χ1v) is 8.83. The summed E-state index contributed by atoms with van der Waals surface area (Å²) in [4.78, 5) is 28.9. The monoisotopic (exact) mass is 339 g/mol. The molecule has 1 fully saturated rings. The number of aromatic amines is 1. The molecule has 2 aliphatic rings. The number of methoxy groups -OCH3 is 1. The minimum atomic E-state index is -0.282. The van der Waals surface area contributed by atoms with Gasteiger partial charge in [-0.05, 0) is 24.1 Å². The number of allylic oxidation sites excluding steroid dienone is 1. The quantitative estimate of drug-likeness (QED) is 0.612. The molecule has 2 heterocycles. The predicted octanol–water partition coefficient (Wildman–Crippen LogP) is 1.59. The zero-order valence-corrected chi connectivity index (χ0v) is 14.5. The summed E-state index contributed by atoms with van der Waals surface area (Å²) in [6.07, 6.45) is 3.09. The van der Waals surface area contributed by atoms with E-state index in [1.807, 2.05) is 37.3 Å². The Bertz CT molecular complexity index is 880. The SMILES string of the molecule is C/C=C1/C[NH2+][C@H]2Cc3c([nH]c4ccccc34)C(=O)C[C@@H]1[C@@H]2C(=O)OC. The van der Waals surface area contributed by atoms with Gasteiger partial charge in [-0.1, -0.05) is 24.3 Å². The van der Waals surface area contributed by atoms with E-state index >= 15 is 0 Å². The van der Waals surface area contributed by atoms with E-state index in [-0.39, 0.29) is 29.6 Å². The van der Waals surface area contributed by atoms with Crippen LogP contribution in [0.2, 0.25) is 0 Å². The number of carbonyl (C=O) groups is 2. The minimum absolute atomic E-state index is 0.0699. The largest absolute Gasteiger partial charge is 0.469 e. The van der Waals surface area contributed by atoms with Crippen molar-refractivity contribution in [3.8, 4) is 0 Å². The Kier molecular flexibility index (Phi) is 3.96. The fourth-order valence-electron chi connectivity index (χ4n) is 4.58. The van der Waals surface area contributed by atoms with Gasteiger partial charge in [0, 0.05) is 29.7 Å². The molecule has 1 saturated heterocycles. The number of rotatable bonds is 1. The maximum absolute atomic E-state index is 13.0. The van der Waals surface area contributed by atoms with Crippen LogP contribution < -0.4 is 5.32 Å². The molecule has 0 spiro atoms. The molecular formula is C20H23N2O3+. The third-order valence-corrected chi connectivity index (χ3v) is 5.81. The average molecular weight is 339 g/mol. The van der Waals surface area contributed by atoms with E-state index in [1.165, 1.54) is 12.7 Å². The highest BCUT2D eigenvalue weighted by molar-refractivity contribution is 6.03. The molecule has 0 saturated carbocycles. The number of benzene rings is 1. The number of nitrogens with one attached hydrogen (secondary N) is 1. The highest BCUT2D eigenvalue weighted by Gasteiger charge is 2.47. The summed E-state index contributed by atoms with van der Waals surface area (Å²) in [7, 11) is 1.44. The number of fused-ring (bicyclic) bond motifs is 5. The van der Waals surface area contributed by atoms with Crippen molar-refractivity contribution < 1.29 is 19.6 Å². The van der Waals surface area contributed by atoms with E-state index in [1.54, 1.807) is 0 Å². The zero-order valence-electron chi connectivity index (χ0n) is 14.5. The molecule has 5 nitrogen and oxygen atoms in total. The summed E-state index contributed by atoms with van der Waals surface area (Å²) in [5, 5.41) is 3.31.